The van der Waals surface area contributed by atoms with Crippen molar-refractivity contribution < 1.29 is 9.47 Å². The number of aromatic nitrogens is 1. The predicted octanol–water partition coefficient (Wildman–Crippen LogP) is 3.73. The molecule has 1 fully saturated rings. The lowest BCUT2D eigenvalue weighted by atomic mass is 10.1. The van der Waals surface area contributed by atoms with E-state index in [4.69, 9.17) is 9.47 Å². The monoisotopic (exact) mass is 263 g/mol. The second-order valence-electron chi connectivity index (χ2n) is 5.19. The van der Waals surface area contributed by atoms with Gasteiger partial charge < -0.3 is 9.47 Å². The molecule has 0 N–H and O–H groups in total. The van der Waals surface area contributed by atoms with E-state index in [1.807, 2.05) is 12.4 Å². The molecule has 0 aromatic carbocycles. The molecule has 0 saturated carbocycles. The zero-order chi connectivity index (χ0) is 13.2. The van der Waals surface area contributed by atoms with Gasteiger partial charge in [0.25, 0.3) is 0 Å². The number of nitrogens with zero attached hydrogens (tertiary/aromatic N) is 1. The van der Waals surface area contributed by atoms with E-state index in [-0.39, 0.29) is 6.29 Å². The molecular weight excluding hydrogens is 238 g/mol. The van der Waals surface area contributed by atoms with Crippen LogP contribution in [0.15, 0.2) is 24.5 Å². The van der Waals surface area contributed by atoms with Gasteiger partial charge in [-0.1, -0.05) is 12.8 Å². The van der Waals surface area contributed by atoms with Gasteiger partial charge in [-0.15, -0.1) is 0 Å². The van der Waals surface area contributed by atoms with E-state index >= 15 is 0 Å². The van der Waals surface area contributed by atoms with Gasteiger partial charge in [-0.3, -0.25) is 4.98 Å². The topological polar surface area (TPSA) is 31.4 Å². The van der Waals surface area contributed by atoms with Crippen LogP contribution in [0.4, 0.5) is 0 Å². The van der Waals surface area contributed by atoms with Crippen molar-refractivity contribution in [1.82, 2.24) is 4.98 Å². The summed E-state index contributed by atoms with van der Waals surface area (Å²) in [6.45, 7) is 1.72. The van der Waals surface area contributed by atoms with Gasteiger partial charge in [-0.05, 0) is 56.2 Å². The molecule has 1 aromatic rings. The van der Waals surface area contributed by atoms with Crippen LogP contribution < -0.4 is 0 Å². The Kier molecular flexibility index (Phi) is 6.90. The summed E-state index contributed by atoms with van der Waals surface area (Å²) in [6, 6.07) is 4.20. The number of ether oxygens (including phenoxy) is 2. The van der Waals surface area contributed by atoms with Crippen molar-refractivity contribution in [3.63, 3.8) is 0 Å². The smallest absolute Gasteiger partial charge is 0.157 e. The van der Waals surface area contributed by atoms with Crippen molar-refractivity contribution in [3.05, 3.63) is 30.1 Å². The highest BCUT2D eigenvalue weighted by atomic mass is 16.7. The maximum absolute atomic E-state index is 5.72. The first kappa shape index (κ1) is 14.5. The van der Waals surface area contributed by atoms with Crippen molar-refractivity contribution in [2.75, 3.05) is 13.2 Å². The average molecular weight is 263 g/mol. The number of hydrogen-bond acceptors (Lipinski definition) is 3. The van der Waals surface area contributed by atoms with Crippen LogP contribution in [0, 0.1) is 0 Å². The summed E-state index contributed by atoms with van der Waals surface area (Å²) < 4.78 is 11.3. The first-order chi connectivity index (χ1) is 9.45. The minimum Gasteiger partial charge on any atom is -0.353 e. The third-order valence-electron chi connectivity index (χ3n) is 3.55. The third kappa shape index (κ3) is 6.17. The minimum atomic E-state index is 0.0746. The molecule has 0 radical (unpaired) electrons. The van der Waals surface area contributed by atoms with Gasteiger partial charge in [0.05, 0.1) is 0 Å². The molecule has 106 valence electrons. The lowest BCUT2D eigenvalue weighted by molar-refractivity contribution is -0.162. The first-order valence-electron chi connectivity index (χ1n) is 7.57. The molecule has 2 heterocycles. The largest absolute Gasteiger partial charge is 0.353 e. The summed E-state index contributed by atoms with van der Waals surface area (Å²) >= 11 is 0. The van der Waals surface area contributed by atoms with E-state index in [0.717, 1.165) is 32.5 Å². The highest BCUT2D eigenvalue weighted by Crippen LogP contribution is 2.14. The maximum Gasteiger partial charge on any atom is 0.157 e. The number of aryl methyl sites for hydroxylation is 1. The van der Waals surface area contributed by atoms with Gasteiger partial charge in [0, 0.05) is 25.6 Å². The molecule has 0 bridgehead atoms. The van der Waals surface area contributed by atoms with Crippen molar-refractivity contribution >= 4 is 0 Å². The van der Waals surface area contributed by atoms with Crippen LogP contribution in [0.2, 0.25) is 0 Å². The van der Waals surface area contributed by atoms with Gasteiger partial charge in [0.15, 0.2) is 6.29 Å². The fourth-order valence-electron chi connectivity index (χ4n) is 2.39. The van der Waals surface area contributed by atoms with Crippen LogP contribution in [-0.2, 0) is 15.9 Å². The minimum absolute atomic E-state index is 0.0746. The summed E-state index contributed by atoms with van der Waals surface area (Å²) in [5, 5.41) is 0. The molecule has 3 nitrogen and oxygen atoms in total. The lowest BCUT2D eigenvalue weighted by Gasteiger charge is -2.22. The molecule has 0 unspecified atom stereocenters. The fourth-order valence-corrected chi connectivity index (χ4v) is 2.39. The average Bonchev–Trinajstić information content (AvgIpc) is 2.48. The maximum atomic E-state index is 5.72. The Bertz CT molecular complexity index is 323. The van der Waals surface area contributed by atoms with Gasteiger partial charge in [0.1, 0.15) is 0 Å². The van der Waals surface area contributed by atoms with Crippen molar-refractivity contribution in [2.24, 2.45) is 0 Å². The highest BCUT2D eigenvalue weighted by molar-refractivity contribution is 5.09. The zero-order valence-electron chi connectivity index (χ0n) is 11.7. The normalized spacial score (nSPS) is 19.5. The summed E-state index contributed by atoms with van der Waals surface area (Å²) in [4.78, 5) is 4.03. The summed E-state index contributed by atoms with van der Waals surface area (Å²) in [5.74, 6) is 0. The number of hydrogen-bond donors (Lipinski definition) is 0. The summed E-state index contributed by atoms with van der Waals surface area (Å²) in [6.07, 6.45) is 13.4. The highest BCUT2D eigenvalue weighted by Gasteiger charge is 2.13. The van der Waals surface area contributed by atoms with Crippen molar-refractivity contribution in [3.8, 4) is 0 Å². The van der Waals surface area contributed by atoms with E-state index < -0.39 is 0 Å². The Hall–Kier alpha value is -0.930. The fraction of sp³-hybridized carbons (Fsp3) is 0.688. The van der Waals surface area contributed by atoms with E-state index in [1.165, 1.54) is 37.7 Å². The molecule has 1 saturated heterocycles. The quantitative estimate of drug-likeness (QED) is 0.670. The molecule has 3 heteroatoms. The molecule has 1 aliphatic rings. The van der Waals surface area contributed by atoms with E-state index in [0.29, 0.717) is 0 Å². The molecule has 19 heavy (non-hydrogen) atoms. The van der Waals surface area contributed by atoms with Gasteiger partial charge in [-0.2, -0.15) is 0 Å². The van der Waals surface area contributed by atoms with E-state index in [9.17, 15) is 0 Å². The summed E-state index contributed by atoms with van der Waals surface area (Å²) in [5.41, 5.74) is 1.39. The van der Waals surface area contributed by atoms with Gasteiger partial charge in [-0.25, -0.2) is 0 Å². The number of unbranched alkanes of at least 4 members (excludes halogenated alkanes) is 3. The molecule has 1 atom stereocenters. The Morgan fingerprint density at radius 2 is 1.95 bits per heavy atom. The van der Waals surface area contributed by atoms with Crippen molar-refractivity contribution in [2.45, 2.75) is 57.7 Å². The second kappa shape index (κ2) is 9.05. The number of pyridine rings is 1. The van der Waals surface area contributed by atoms with Gasteiger partial charge in [0.2, 0.25) is 0 Å². The van der Waals surface area contributed by atoms with E-state index in [2.05, 4.69) is 17.1 Å². The molecule has 0 amide bonds. The zero-order valence-corrected chi connectivity index (χ0v) is 11.7. The predicted molar refractivity (Wildman–Crippen MR) is 76.0 cm³/mol. The standard InChI is InChI=1S/C16H25NO2/c1(3-7-15-9-11-17-12-10-15)2-5-13-18-16-8-4-6-14-19-16/h9-12,16H,1-8,13-14H2/t16-/m1/s1. The second-order valence-corrected chi connectivity index (χ2v) is 5.19. The Labute approximate surface area is 116 Å². The van der Waals surface area contributed by atoms with Crippen LogP contribution in [0.3, 0.4) is 0 Å². The molecule has 1 aromatic heterocycles. The Balaban J connectivity index is 1.42. The Morgan fingerprint density at radius 1 is 1.11 bits per heavy atom. The first-order valence-corrected chi connectivity index (χ1v) is 7.57. The van der Waals surface area contributed by atoms with Crippen LogP contribution >= 0.6 is 0 Å². The molecule has 0 aliphatic carbocycles. The Morgan fingerprint density at radius 3 is 2.74 bits per heavy atom. The molecule has 2 rings (SSSR count). The third-order valence-corrected chi connectivity index (χ3v) is 3.55. The van der Waals surface area contributed by atoms with Crippen LogP contribution in [0.25, 0.3) is 0 Å². The molecular formula is C16H25NO2. The molecule has 0 spiro atoms. The summed E-state index contributed by atoms with van der Waals surface area (Å²) in [7, 11) is 0. The SMILES string of the molecule is c1cc(CCCCCCO[C@H]2CCCCO2)ccn1. The van der Waals surface area contributed by atoms with Crippen molar-refractivity contribution in [1.29, 1.82) is 0 Å². The van der Waals surface area contributed by atoms with E-state index in [1.54, 1.807) is 0 Å². The lowest BCUT2D eigenvalue weighted by Crippen LogP contribution is -2.22. The van der Waals surface area contributed by atoms with Crippen LogP contribution in [0.1, 0.15) is 50.5 Å². The number of rotatable bonds is 8. The van der Waals surface area contributed by atoms with Crippen LogP contribution in [0.5, 0.6) is 0 Å². The van der Waals surface area contributed by atoms with Crippen LogP contribution in [-0.4, -0.2) is 24.5 Å². The van der Waals surface area contributed by atoms with Gasteiger partial charge >= 0.3 is 0 Å². The molecule has 1 aliphatic heterocycles.